The van der Waals surface area contributed by atoms with Crippen molar-refractivity contribution in [2.75, 3.05) is 0 Å². The number of carbonyl (C=O) groups is 1. The van der Waals surface area contributed by atoms with Crippen molar-refractivity contribution >= 4 is 5.91 Å². The van der Waals surface area contributed by atoms with Gasteiger partial charge in [-0.2, -0.15) is 0 Å². The zero-order chi connectivity index (χ0) is 8.55. The fourth-order valence-electron chi connectivity index (χ4n) is 1.47. The molecule has 0 radical (unpaired) electrons. The lowest BCUT2D eigenvalue weighted by molar-refractivity contribution is -0.119. The van der Waals surface area contributed by atoms with E-state index in [0.29, 0.717) is 5.92 Å². The highest BCUT2D eigenvalue weighted by atomic mass is 16.1. The van der Waals surface area contributed by atoms with Gasteiger partial charge in [0.1, 0.15) is 0 Å². The van der Waals surface area contributed by atoms with Crippen molar-refractivity contribution in [2.24, 2.45) is 11.7 Å². The van der Waals surface area contributed by atoms with Crippen LogP contribution in [0.4, 0.5) is 0 Å². The maximum absolute atomic E-state index is 10.7. The Morgan fingerprint density at radius 3 is 3.00 bits per heavy atom. The zero-order valence-corrected chi connectivity index (χ0v) is 6.60. The maximum Gasteiger partial charge on any atom is 0.221 e. The quantitative estimate of drug-likeness (QED) is 0.694. The summed E-state index contributed by atoms with van der Waals surface area (Å²) in [5.74, 6) is 0.189. The molecular weight excluding hydrogens is 152 g/mol. The van der Waals surface area contributed by atoms with E-state index in [4.69, 9.17) is 5.73 Å². The van der Waals surface area contributed by atoms with E-state index in [2.05, 4.69) is 4.98 Å². The Kier molecular flexibility index (Phi) is 1.57. The smallest absolute Gasteiger partial charge is 0.221 e. The first-order chi connectivity index (χ1) is 5.79. The van der Waals surface area contributed by atoms with E-state index in [1.54, 1.807) is 12.4 Å². The van der Waals surface area contributed by atoms with E-state index >= 15 is 0 Å². The molecule has 1 aliphatic carbocycles. The highest BCUT2D eigenvalue weighted by Crippen LogP contribution is 2.46. The summed E-state index contributed by atoms with van der Waals surface area (Å²) >= 11 is 0. The summed E-state index contributed by atoms with van der Waals surface area (Å²) in [6, 6.07) is 3.87. The minimum Gasteiger partial charge on any atom is -0.369 e. The molecule has 3 nitrogen and oxygen atoms in total. The molecule has 2 unspecified atom stereocenters. The minimum atomic E-state index is -0.191. The number of hydrogen-bond acceptors (Lipinski definition) is 2. The van der Waals surface area contributed by atoms with Crippen LogP contribution in [0.2, 0.25) is 0 Å². The number of pyridine rings is 1. The average molecular weight is 162 g/mol. The second-order valence-corrected chi connectivity index (χ2v) is 3.14. The fourth-order valence-corrected chi connectivity index (χ4v) is 1.47. The summed E-state index contributed by atoms with van der Waals surface area (Å²) in [7, 11) is 0. The highest BCUT2D eigenvalue weighted by Gasteiger charge is 2.42. The van der Waals surface area contributed by atoms with Crippen molar-refractivity contribution in [2.45, 2.75) is 12.3 Å². The Hall–Kier alpha value is -1.38. The number of amides is 1. The lowest BCUT2D eigenvalue weighted by Crippen LogP contribution is -2.13. The van der Waals surface area contributed by atoms with Gasteiger partial charge in [0.05, 0.1) is 0 Å². The number of aromatic nitrogens is 1. The first-order valence-electron chi connectivity index (χ1n) is 3.98. The van der Waals surface area contributed by atoms with Crippen LogP contribution in [0.1, 0.15) is 17.9 Å². The van der Waals surface area contributed by atoms with Gasteiger partial charge in [0.15, 0.2) is 0 Å². The number of nitrogens with two attached hydrogens (primary N) is 1. The zero-order valence-electron chi connectivity index (χ0n) is 6.60. The molecule has 0 aromatic carbocycles. The molecule has 0 saturated heterocycles. The molecule has 2 rings (SSSR count). The van der Waals surface area contributed by atoms with Gasteiger partial charge in [0, 0.05) is 18.3 Å². The monoisotopic (exact) mass is 162 g/mol. The van der Waals surface area contributed by atoms with Crippen LogP contribution in [0, 0.1) is 5.92 Å². The molecule has 0 spiro atoms. The molecule has 12 heavy (non-hydrogen) atoms. The SMILES string of the molecule is NC(=O)C1CC1c1cccnc1. The van der Waals surface area contributed by atoms with Crippen molar-refractivity contribution in [3.8, 4) is 0 Å². The van der Waals surface area contributed by atoms with Crippen LogP contribution in [-0.4, -0.2) is 10.9 Å². The normalized spacial score (nSPS) is 26.7. The van der Waals surface area contributed by atoms with Gasteiger partial charge in [0.2, 0.25) is 5.91 Å². The molecule has 1 heterocycles. The van der Waals surface area contributed by atoms with Gasteiger partial charge in [-0.15, -0.1) is 0 Å². The van der Waals surface area contributed by atoms with Crippen molar-refractivity contribution in [3.05, 3.63) is 30.1 Å². The van der Waals surface area contributed by atoms with Gasteiger partial charge < -0.3 is 5.73 Å². The van der Waals surface area contributed by atoms with E-state index in [1.807, 2.05) is 12.1 Å². The molecule has 0 aliphatic heterocycles. The van der Waals surface area contributed by atoms with Crippen LogP contribution >= 0.6 is 0 Å². The predicted molar refractivity (Wildman–Crippen MR) is 44.3 cm³/mol. The van der Waals surface area contributed by atoms with Gasteiger partial charge in [0.25, 0.3) is 0 Å². The van der Waals surface area contributed by atoms with Gasteiger partial charge in [-0.25, -0.2) is 0 Å². The first-order valence-corrected chi connectivity index (χ1v) is 3.98. The van der Waals surface area contributed by atoms with Gasteiger partial charge in [-0.05, 0) is 24.0 Å². The summed E-state index contributed by atoms with van der Waals surface area (Å²) in [6.07, 6.45) is 4.42. The van der Waals surface area contributed by atoms with Crippen LogP contribution < -0.4 is 5.73 Å². The molecule has 3 heteroatoms. The van der Waals surface area contributed by atoms with Crippen LogP contribution in [0.15, 0.2) is 24.5 Å². The number of primary amides is 1. The van der Waals surface area contributed by atoms with E-state index in [1.165, 1.54) is 0 Å². The summed E-state index contributed by atoms with van der Waals surface area (Å²) in [4.78, 5) is 14.7. The largest absolute Gasteiger partial charge is 0.369 e. The van der Waals surface area contributed by atoms with E-state index in [9.17, 15) is 4.79 Å². The molecule has 1 aliphatic rings. The third kappa shape index (κ3) is 1.18. The Bertz CT molecular complexity index is 297. The van der Waals surface area contributed by atoms with Crippen LogP contribution in [0.5, 0.6) is 0 Å². The van der Waals surface area contributed by atoms with E-state index < -0.39 is 0 Å². The lowest BCUT2D eigenvalue weighted by atomic mass is 10.1. The molecule has 62 valence electrons. The molecule has 2 N–H and O–H groups in total. The second kappa shape index (κ2) is 2.59. The topological polar surface area (TPSA) is 56.0 Å². The first kappa shape index (κ1) is 7.28. The molecule has 2 atom stereocenters. The second-order valence-electron chi connectivity index (χ2n) is 3.14. The Balaban J connectivity index is 2.11. The van der Waals surface area contributed by atoms with Crippen molar-refractivity contribution in [3.63, 3.8) is 0 Å². The van der Waals surface area contributed by atoms with Gasteiger partial charge in [-0.3, -0.25) is 9.78 Å². The summed E-state index contributed by atoms with van der Waals surface area (Å²) in [5, 5.41) is 0. The molecule has 1 aromatic rings. The molecule has 1 saturated carbocycles. The average Bonchev–Trinajstić information content (AvgIpc) is 2.84. The Morgan fingerprint density at radius 2 is 2.50 bits per heavy atom. The molecule has 1 amide bonds. The number of rotatable bonds is 2. The lowest BCUT2D eigenvalue weighted by Gasteiger charge is -1.95. The molecular formula is C9H10N2O. The number of hydrogen-bond donors (Lipinski definition) is 1. The summed E-state index contributed by atoms with van der Waals surface area (Å²) in [5.41, 5.74) is 6.29. The van der Waals surface area contributed by atoms with Crippen molar-refractivity contribution < 1.29 is 4.79 Å². The molecule has 1 aromatic heterocycles. The molecule has 1 fully saturated rings. The maximum atomic E-state index is 10.7. The van der Waals surface area contributed by atoms with Crippen LogP contribution in [0.25, 0.3) is 0 Å². The van der Waals surface area contributed by atoms with Gasteiger partial charge >= 0.3 is 0 Å². The van der Waals surface area contributed by atoms with Gasteiger partial charge in [-0.1, -0.05) is 6.07 Å². The van der Waals surface area contributed by atoms with Crippen molar-refractivity contribution in [1.82, 2.24) is 4.98 Å². The van der Waals surface area contributed by atoms with Crippen molar-refractivity contribution in [1.29, 1.82) is 0 Å². The van der Waals surface area contributed by atoms with Crippen LogP contribution in [0.3, 0.4) is 0 Å². The summed E-state index contributed by atoms with van der Waals surface area (Å²) < 4.78 is 0. The summed E-state index contributed by atoms with van der Waals surface area (Å²) in [6.45, 7) is 0. The standard InChI is InChI=1S/C9H10N2O/c10-9(12)8-4-7(8)6-2-1-3-11-5-6/h1-3,5,7-8H,4H2,(H2,10,12). The number of carbonyl (C=O) groups excluding carboxylic acids is 1. The minimum absolute atomic E-state index is 0.0502. The third-order valence-electron chi connectivity index (χ3n) is 2.27. The Morgan fingerprint density at radius 1 is 1.67 bits per heavy atom. The molecule has 0 bridgehead atoms. The third-order valence-corrected chi connectivity index (χ3v) is 2.27. The van der Waals surface area contributed by atoms with E-state index in [-0.39, 0.29) is 11.8 Å². The predicted octanol–water partition coefficient (Wildman–Crippen LogP) is 0.670. The number of nitrogens with zero attached hydrogens (tertiary/aromatic N) is 1. The highest BCUT2D eigenvalue weighted by molar-refractivity contribution is 5.81. The Labute approximate surface area is 70.6 Å². The van der Waals surface area contributed by atoms with E-state index in [0.717, 1.165) is 12.0 Å². The fraction of sp³-hybridized carbons (Fsp3) is 0.333. The van der Waals surface area contributed by atoms with Crippen LogP contribution in [-0.2, 0) is 4.79 Å².